The van der Waals surface area contributed by atoms with Gasteiger partial charge in [-0.05, 0) is 50.0 Å². The lowest BCUT2D eigenvalue weighted by Crippen LogP contribution is -2.48. The second-order valence-corrected chi connectivity index (χ2v) is 7.54. The summed E-state index contributed by atoms with van der Waals surface area (Å²) in [4.78, 5) is 0.207. The summed E-state index contributed by atoms with van der Waals surface area (Å²) >= 11 is 6.05. The smallest absolute Gasteiger partial charge is 0.241 e. The minimum absolute atomic E-state index is 0.0588. The van der Waals surface area contributed by atoms with Gasteiger partial charge >= 0.3 is 0 Å². The SMILES string of the molecule is COc1cc(C)c(S(=O)(=O)NC2CCNCC2C)cc1Cl. The zero-order chi connectivity index (χ0) is 15.6. The summed E-state index contributed by atoms with van der Waals surface area (Å²) in [5.41, 5.74) is 0.616. The van der Waals surface area contributed by atoms with Crippen molar-refractivity contribution in [3.63, 3.8) is 0 Å². The maximum Gasteiger partial charge on any atom is 0.241 e. The minimum atomic E-state index is -3.59. The lowest BCUT2D eigenvalue weighted by atomic mass is 9.97. The van der Waals surface area contributed by atoms with E-state index < -0.39 is 10.0 Å². The predicted octanol–water partition coefficient (Wildman–Crippen LogP) is 1.93. The standard InChI is InChI=1S/C14H21ClN2O3S/c1-9-6-13(20-3)11(15)7-14(9)21(18,19)17-12-4-5-16-8-10(12)2/h6-7,10,12,16-17H,4-5,8H2,1-3H3. The van der Waals surface area contributed by atoms with E-state index in [4.69, 9.17) is 16.3 Å². The fourth-order valence-electron chi connectivity index (χ4n) is 2.53. The monoisotopic (exact) mass is 332 g/mol. The number of nitrogens with one attached hydrogen (secondary N) is 2. The normalized spacial score (nSPS) is 23.0. The molecule has 0 radical (unpaired) electrons. The van der Waals surface area contributed by atoms with Gasteiger partial charge in [0.25, 0.3) is 0 Å². The van der Waals surface area contributed by atoms with Gasteiger partial charge in [-0.3, -0.25) is 0 Å². The van der Waals surface area contributed by atoms with Crippen LogP contribution in [0.1, 0.15) is 18.9 Å². The second-order valence-electron chi connectivity index (χ2n) is 5.45. The fourth-order valence-corrected chi connectivity index (χ4v) is 4.47. The number of sulfonamides is 1. The Labute approximate surface area is 131 Å². The lowest BCUT2D eigenvalue weighted by molar-refractivity contribution is 0.328. The van der Waals surface area contributed by atoms with Crippen LogP contribution in [0.5, 0.6) is 5.75 Å². The van der Waals surface area contributed by atoms with E-state index in [0.29, 0.717) is 16.3 Å². The summed E-state index contributed by atoms with van der Waals surface area (Å²) < 4.78 is 33.1. The van der Waals surface area contributed by atoms with E-state index in [1.165, 1.54) is 13.2 Å². The molecule has 2 unspecified atom stereocenters. The number of hydrogen-bond acceptors (Lipinski definition) is 4. The molecule has 0 bridgehead atoms. The molecule has 0 spiro atoms. The topological polar surface area (TPSA) is 67.4 Å². The van der Waals surface area contributed by atoms with Crippen molar-refractivity contribution in [3.05, 3.63) is 22.7 Å². The van der Waals surface area contributed by atoms with Crippen LogP contribution in [-0.2, 0) is 10.0 Å². The van der Waals surface area contributed by atoms with Gasteiger partial charge in [-0.15, -0.1) is 0 Å². The molecule has 1 aliphatic rings. The van der Waals surface area contributed by atoms with Crippen molar-refractivity contribution in [1.29, 1.82) is 0 Å². The van der Waals surface area contributed by atoms with Gasteiger partial charge in [0.1, 0.15) is 5.75 Å². The summed E-state index contributed by atoms with van der Waals surface area (Å²) in [6, 6.07) is 3.03. The third-order valence-corrected chi connectivity index (χ3v) is 5.76. The summed E-state index contributed by atoms with van der Waals surface area (Å²) in [6.45, 7) is 5.40. The molecule has 2 atom stereocenters. The van der Waals surface area contributed by atoms with E-state index in [1.54, 1.807) is 13.0 Å². The number of rotatable bonds is 4. The Morgan fingerprint density at radius 2 is 2.14 bits per heavy atom. The van der Waals surface area contributed by atoms with E-state index >= 15 is 0 Å². The van der Waals surface area contributed by atoms with E-state index in [-0.39, 0.29) is 16.9 Å². The van der Waals surface area contributed by atoms with Gasteiger partial charge in [-0.1, -0.05) is 18.5 Å². The maximum absolute atomic E-state index is 12.6. The van der Waals surface area contributed by atoms with Crippen molar-refractivity contribution < 1.29 is 13.2 Å². The largest absolute Gasteiger partial charge is 0.495 e. The minimum Gasteiger partial charge on any atom is -0.495 e. The first kappa shape index (κ1) is 16.5. The molecule has 118 valence electrons. The Morgan fingerprint density at radius 3 is 2.76 bits per heavy atom. The summed E-state index contributed by atoms with van der Waals surface area (Å²) in [5, 5.41) is 3.55. The van der Waals surface area contributed by atoms with Crippen molar-refractivity contribution in [2.45, 2.75) is 31.2 Å². The summed E-state index contributed by atoms with van der Waals surface area (Å²) in [5.74, 6) is 0.728. The fraction of sp³-hybridized carbons (Fsp3) is 0.571. The number of halogens is 1. The van der Waals surface area contributed by atoms with Gasteiger partial charge in [0.05, 0.1) is 17.0 Å². The molecule has 2 rings (SSSR count). The zero-order valence-corrected chi connectivity index (χ0v) is 14.0. The highest BCUT2D eigenvalue weighted by Crippen LogP contribution is 2.30. The van der Waals surface area contributed by atoms with Crippen molar-refractivity contribution in [1.82, 2.24) is 10.0 Å². The third kappa shape index (κ3) is 3.69. The van der Waals surface area contributed by atoms with Gasteiger partial charge in [0.15, 0.2) is 0 Å². The van der Waals surface area contributed by atoms with Crippen LogP contribution in [0.25, 0.3) is 0 Å². The van der Waals surface area contributed by atoms with E-state index in [0.717, 1.165) is 19.5 Å². The first-order valence-electron chi connectivity index (χ1n) is 6.92. The number of hydrogen-bond donors (Lipinski definition) is 2. The molecule has 5 nitrogen and oxygen atoms in total. The number of aryl methyl sites for hydroxylation is 1. The van der Waals surface area contributed by atoms with Crippen LogP contribution in [0.4, 0.5) is 0 Å². The number of benzene rings is 1. The predicted molar refractivity (Wildman–Crippen MR) is 83.5 cm³/mol. The van der Waals surface area contributed by atoms with Crippen LogP contribution in [0.3, 0.4) is 0 Å². The highest BCUT2D eigenvalue weighted by Gasteiger charge is 2.28. The van der Waals surface area contributed by atoms with Gasteiger partial charge in [-0.2, -0.15) is 0 Å². The quantitative estimate of drug-likeness (QED) is 0.884. The van der Waals surface area contributed by atoms with Crippen molar-refractivity contribution >= 4 is 21.6 Å². The highest BCUT2D eigenvalue weighted by molar-refractivity contribution is 7.89. The molecule has 1 aliphatic heterocycles. The Bertz CT molecular complexity index is 619. The van der Waals surface area contributed by atoms with Gasteiger partial charge in [-0.25, -0.2) is 13.1 Å². The van der Waals surface area contributed by atoms with E-state index in [1.807, 2.05) is 6.92 Å². The van der Waals surface area contributed by atoms with Crippen LogP contribution in [-0.4, -0.2) is 34.7 Å². The average molecular weight is 333 g/mol. The van der Waals surface area contributed by atoms with Crippen LogP contribution in [0.2, 0.25) is 5.02 Å². The average Bonchev–Trinajstić information content (AvgIpc) is 2.43. The molecule has 0 saturated carbocycles. The van der Waals surface area contributed by atoms with Crippen LogP contribution in [0, 0.1) is 12.8 Å². The molecule has 0 aliphatic carbocycles. The Kier molecular flexibility index (Phi) is 5.14. The van der Waals surface area contributed by atoms with Crippen LogP contribution >= 0.6 is 11.6 Å². The Hall–Kier alpha value is -0.820. The summed E-state index contributed by atoms with van der Waals surface area (Å²) in [6.07, 6.45) is 0.781. The Balaban J connectivity index is 2.29. The molecule has 2 N–H and O–H groups in total. The summed E-state index contributed by atoms with van der Waals surface area (Å²) in [7, 11) is -2.08. The molecule has 1 aromatic rings. The molecule has 0 amide bonds. The van der Waals surface area contributed by atoms with Crippen LogP contribution < -0.4 is 14.8 Å². The number of ether oxygens (including phenoxy) is 1. The molecule has 7 heteroatoms. The van der Waals surface area contributed by atoms with Crippen molar-refractivity contribution in [2.75, 3.05) is 20.2 Å². The second kappa shape index (κ2) is 6.52. The molecule has 21 heavy (non-hydrogen) atoms. The number of methoxy groups -OCH3 is 1. The molecule has 1 fully saturated rings. The van der Waals surface area contributed by atoms with Crippen molar-refractivity contribution in [2.24, 2.45) is 5.92 Å². The highest BCUT2D eigenvalue weighted by atomic mass is 35.5. The van der Waals surface area contributed by atoms with Crippen LogP contribution in [0.15, 0.2) is 17.0 Å². The van der Waals surface area contributed by atoms with Gasteiger partial charge < -0.3 is 10.1 Å². The number of piperidine rings is 1. The first-order chi connectivity index (χ1) is 9.85. The lowest BCUT2D eigenvalue weighted by Gasteiger charge is -2.30. The van der Waals surface area contributed by atoms with Gasteiger partial charge in [0, 0.05) is 6.04 Å². The third-order valence-electron chi connectivity index (χ3n) is 3.83. The first-order valence-corrected chi connectivity index (χ1v) is 8.78. The zero-order valence-electron chi connectivity index (χ0n) is 12.4. The molecular weight excluding hydrogens is 312 g/mol. The van der Waals surface area contributed by atoms with E-state index in [2.05, 4.69) is 10.0 Å². The molecular formula is C14H21ClN2O3S. The maximum atomic E-state index is 12.6. The molecule has 1 heterocycles. The molecule has 1 aromatic carbocycles. The molecule has 1 saturated heterocycles. The molecule has 0 aromatic heterocycles. The van der Waals surface area contributed by atoms with Gasteiger partial charge in [0.2, 0.25) is 10.0 Å². The van der Waals surface area contributed by atoms with Crippen molar-refractivity contribution in [3.8, 4) is 5.75 Å². The van der Waals surface area contributed by atoms with E-state index in [9.17, 15) is 8.42 Å². The Morgan fingerprint density at radius 1 is 1.43 bits per heavy atom.